The van der Waals surface area contributed by atoms with Crippen LogP contribution in [0.1, 0.15) is 79.1 Å². The number of carbonyl (C=O) groups excluding carboxylic acids is 8. The van der Waals surface area contributed by atoms with Crippen molar-refractivity contribution in [2.24, 2.45) is 11.7 Å². The van der Waals surface area contributed by atoms with Crippen LogP contribution in [0.5, 0.6) is 5.75 Å². The van der Waals surface area contributed by atoms with Gasteiger partial charge in [0.05, 0.1) is 45.3 Å². The molecule has 0 bridgehead atoms. The summed E-state index contributed by atoms with van der Waals surface area (Å²) in [6.07, 6.45) is 1.72. The Balaban J connectivity index is -0.000000126. The molecule has 1 aromatic rings. The van der Waals surface area contributed by atoms with E-state index in [1.807, 2.05) is 44.2 Å². The Hall–Kier alpha value is -9.37. The fourth-order valence-electron chi connectivity index (χ4n) is 4.03. The van der Waals surface area contributed by atoms with Gasteiger partial charge in [-0.15, -0.1) is 0 Å². The molecule has 21 nitrogen and oxygen atoms in total. The first kappa shape index (κ1) is 103. The third-order valence-corrected chi connectivity index (χ3v) is 8.32. The molecule has 0 saturated carbocycles. The van der Waals surface area contributed by atoms with Gasteiger partial charge in [-0.05, 0) is 49.6 Å². The highest BCUT2D eigenvalue weighted by Gasteiger charge is 2.62. The summed E-state index contributed by atoms with van der Waals surface area (Å²) in [5.74, 6) is -18.0. The quantitative estimate of drug-likeness (QED) is 0.0134. The highest BCUT2D eigenvalue weighted by atomic mass is 19.4. The SMILES string of the molecule is C=C(C)C(=O)O.C=CC#N.C=CC(=O)CC(C)C.C=CC(=O)N(C)C.C=CC(=O)OCCC(F)(F)CC(F)(F)CC(F)(F)C(F)(F)F.C=CC(=O)OCCCCCC.C=CC(=O)OCCO.C=CC(=O)OCCO.C=CC(=O)OCCOc1ccccc1.C=CC(N)=O. The average molecular weight is 1350 g/mol. The summed E-state index contributed by atoms with van der Waals surface area (Å²) in [6.45, 7) is 39.4. The van der Waals surface area contributed by atoms with Crippen LogP contribution >= 0.6 is 0 Å². The second kappa shape index (κ2) is 67.0. The van der Waals surface area contributed by atoms with E-state index in [0.717, 1.165) is 42.9 Å². The van der Waals surface area contributed by atoms with Crippen LogP contribution in [0.15, 0.2) is 156 Å². The van der Waals surface area contributed by atoms with Crippen molar-refractivity contribution in [3.05, 3.63) is 156 Å². The lowest BCUT2D eigenvalue weighted by Crippen LogP contribution is -2.43. The number of halogens is 9. The van der Waals surface area contributed by atoms with Crippen molar-refractivity contribution < 1.29 is 126 Å². The monoisotopic (exact) mass is 1350 g/mol. The minimum Gasteiger partial charge on any atom is -0.490 e. The van der Waals surface area contributed by atoms with E-state index in [0.29, 0.717) is 31.6 Å². The van der Waals surface area contributed by atoms with Crippen molar-refractivity contribution in [1.82, 2.24) is 4.90 Å². The summed E-state index contributed by atoms with van der Waals surface area (Å²) < 4.78 is 140. The number of alkyl halides is 9. The number of carboxylic acids is 1. The molecule has 0 heterocycles. The molecule has 2 amide bonds. The normalized spacial score (nSPS) is 9.52. The van der Waals surface area contributed by atoms with Gasteiger partial charge in [-0.25, -0.2) is 46.3 Å². The summed E-state index contributed by atoms with van der Waals surface area (Å²) in [5.41, 5.74) is 4.71. The van der Waals surface area contributed by atoms with E-state index in [9.17, 15) is 82.7 Å². The maximum absolute atomic E-state index is 13.1. The lowest BCUT2D eigenvalue weighted by atomic mass is 10.0. The minimum absolute atomic E-state index is 0.0465. The molecule has 528 valence electrons. The minimum atomic E-state index is -6.27. The van der Waals surface area contributed by atoms with E-state index in [1.165, 1.54) is 49.0 Å². The number of esters is 5. The number of unbranched alkanes of at least 4 members (excludes halogenated alkanes) is 3. The van der Waals surface area contributed by atoms with E-state index in [-0.39, 0.29) is 56.3 Å². The molecule has 0 aliphatic rings. The molecular formula is C63H90F9N3O18. The maximum Gasteiger partial charge on any atom is 0.453 e. The fourth-order valence-corrected chi connectivity index (χ4v) is 4.03. The van der Waals surface area contributed by atoms with Crippen LogP contribution in [0.4, 0.5) is 39.5 Å². The molecular weight excluding hydrogens is 1260 g/mol. The van der Waals surface area contributed by atoms with Crippen molar-refractivity contribution in [1.29, 1.82) is 5.26 Å². The molecule has 5 N–H and O–H groups in total. The highest BCUT2D eigenvalue weighted by Crippen LogP contribution is 2.46. The van der Waals surface area contributed by atoms with E-state index in [1.54, 1.807) is 20.2 Å². The zero-order chi connectivity index (χ0) is 74.7. The van der Waals surface area contributed by atoms with E-state index in [4.69, 9.17) is 34.8 Å². The van der Waals surface area contributed by atoms with E-state index < -0.39 is 85.6 Å². The number of nitrogens with zero attached hydrogens (tertiary/aromatic N) is 2. The van der Waals surface area contributed by atoms with Gasteiger partial charge in [0.25, 0.3) is 11.8 Å². The van der Waals surface area contributed by atoms with Crippen LogP contribution in [-0.4, -0.2) is 165 Å². The van der Waals surface area contributed by atoms with E-state index >= 15 is 0 Å². The third-order valence-electron chi connectivity index (χ3n) is 8.32. The topological polar surface area (TPSA) is 323 Å². The second-order valence-electron chi connectivity index (χ2n) is 17.3. The number of hydrogen-bond donors (Lipinski definition) is 4. The third kappa shape index (κ3) is 89.1. The van der Waals surface area contributed by atoms with Gasteiger partial charge in [0.2, 0.25) is 11.8 Å². The summed E-state index contributed by atoms with van der Waals surface area (Å²) in [5, 5.41) is 31.6. The largest absolute Gasteiger partial charge is 0.490 e. The molecule has 1 rings (SSSR count). The van der Waals surface area contributed by atoms with Gasteiger partial charge in [0, 0.05) is 69.0 Å². The molecule has 0 aliphatic carbocycles. The average Bonchev–Trinajstić information content (AvgIpc) is 0.905. The fraction of sp³-hybridized carbons (Fsp3) is 0.429. The Kier molecular flexibility index (Phi) is 73.9. The van der Waals surface area contributed by atoms with Crippen molar-refractivity contribution in [3.63, 3.8) is 0 Å². The first-order chi connectivity index (χ1) is 43.0. The van der Waals surface area contributed by atoms with Crippen LogP contribution in [-0.2, 0) is 66.8 Å². The molecule has 0 radical (unpaired) electrons. The molecule has 0 saturated heterocycles. The Bertz CT molecular complexity index is 2370. The Labute approximate surface area is 538 Å². The number of nitrogens with two attached hydrogens (primary N) is 1. The van der Waals surface area contributed by atoms with Gasteiger partial charge < -0.3 is 54.4 Å². The number of amides is 2. The number of aliphatic carboxylic acids is 1. The zero-order valence-electron chi connectivity index (χ0n) is 53.4. The van der Waals surface area contributed by atoms with E-state index in [2.05, 4.69) is 92.7 Å². The molecule has 1 aromatic carbocycles. The Morgan fingerprint density at radius 2 is 0.968 bits per heavy atom. The summed E-state index contributed by atoms with van der Waals surface area (Å²) in [7, 11) is 3.37. The number of ketones is 1. The van der Waals surface area contributed by atoms with Crippen molar-refractivity contribution in [3.8, 4) is 11.8 Å². The second-order valence-corrected chi connectivity index (χ2v) is 17.3. The molecule has 0 unspecified atom stereocenters. The first-order valence-corrected chi connectivity index (χ1v) is 26.9. The van der Waals surface area contributed by atoms with Gasteiger partial charge in [-0.1, -0.05) is 124 Å². The first-order valence-electron chi connectivity index (χ1n) is 26.9. The molecule has 93 heavy (non-hydrogen) atoms. The lowest BCUT2D eigenvalue weighted by Gasteiger charge is -2.27. The summed E-state index contributed by atoms with van der Waals surface area (Å²) in [6, 6.07) is 11.0. The van der Waals surface area contributed by atoms with Gasteiger partial charge in [0.15, 0.2) is 5.78 Å². The van der Waals surface area contributed by atoms with Crippen LogP contribution in [0.3, 0.4) is 0 Å². The number of carbonyl (C=O) groups is 9. The number of para-hydroxylation sites is 1. The number of carboxylic acid groups (broad SMARTS) is 1. The molecule has 0 aromatic heterocycles. The summed E-state index contributed by atoms with van der Waals surface area (Å²) in [4.78, 5) is 93.3. The van der Waals surface area contributed by atoms with Gasteiger partial charge >= 0.3 is 47.9 Å². The van der Waals surface area contributed by atoms with Crippen molar-refractivity contribution in [2.75, 3.05) is 67.0 Å². The maximum atomic E-state index is 13.1. The molecule has 0 spiro atoms. The summed E-state index contributed by atoms with van der Waals surface area (Å²) >= 11 is 0. The van der Waals surface area contributed by atoms with Gasteiger partial charge in [-0.3, -0.25) is 14.4 Å². The molecule has 0 atom stereocenters. The number of aliphatic hydroxyl groups excluding tert-OH is 2. The Morgan fingerprint density at radius 1 is 0.591 bits per heavy atom. The number of hydrogen-bond acceptors (Lipinski definition) is 18. The van der Waals surface area contributed by atoms with Crippen LogP contribution in [0.25, 0.3) is 0 Å². The number of likely N-dealkylation sites (N-methyl/N-ethyl adjacent to an activating group) is 1. The predicted octanol–water partition coefficient (Wildman–Crippen LogP) is 10.9. The van der Waals surface area contributed by atoms with Crippen LogP contribution < -0.4 is 10.5 Å². The number of primary amides is 1. The van der Waals surface area contributed by atoms with Crippen LogP contribution in [0.2, 0.25) is 0 Å². The Morgan fingerprint density at radius 3 is 1.24 bits per heavy atom. The predicted molar refractivity (Wildman–Crippen MR) is 332 cm³/mol. The smallest absolute Gasteiger partial charge is 0.453 e. The van der Waals surface area contributed by atoms with Gasteiger partial charge in [0.1, 0.15) is 32.2 Å². The lowest BCUT2D eigenvalue weighted by molar-refractivity contribution is -0.304. The zero-order valence-corrected chi connectivity index (χ0v) is 53.4. The van der Waals surface area contributed by atoms with Gasteiger partial charge in [-0.2, -0.15) is 27.2 Å². The number of ether oxygens (including phenoxy) is 6. The van der Waals surface area contributed by atoms with Crippen molar-refractivity contribution in [2.45, 2.75) is 103 Å². The standard InChI is InChI=1S/C11H11F9O2.C11H12O3.C9H16O2.C7H12O.C5H9NO.2C5H8O3.C4H6O2.C3H5NO.C3H3N/c1-2-7(21)22-4-3-8(12,13)5-9(14,15)6-10(16,17)11(18,19)20;1-2-11(12)14-9-8-13-10-6-4-3-5-7-10;1-3-5-6-7-8-11-9(10)4-2;1-4-7(8)5-6(2)3;1-4-5(7)6(2)3;2*1-2-5(7)8-4-3-6;1-3(2)4(5)6;1-2-3(4)5;1-2-3-4/h2H,1,3-6H2;2-7H,1,8-9H2;4H,2-3,5-8H2,1H3;4,6H,1,5H2,2-3H3;4H,1H2,2-3H3;2*2,6H,1,3-4H2;1H2,2H3,(H,5,6);2H,1H2,(H2,4,5);2H,1H2. The van der Waals surface area contributed by atoms with Crippen LogP contribution in [0, 0.1) is 17.2 Å². The highest BCUT2D eigenvalue weighted by molar-refractivity contribution is 5.89. The number of nitriles is 1. The molecule has 0 aliphatic heterocycles. The number of rotatable bonds is 31. The molecule has 30 heteroatoms. The number of aliphatic hydroxyl groups is 2. The molecule has 0 fully saturated rings. The number of allylic oxidation sites excluding steroid dienone is 2. The van der Waals surface area contributed by atoms with Crippen molar-refractivity contribution >= 4 is 53.4 Å². The number of benzene rings is 1.